The lowest BCUT2D eigenvalue weighted by Gasteiger charge is -2.16. The summed E-state index contributed by atoms with van der Waals surface area (Å²) in [5.74, 6) is 1.14. The van der Waals surface area contributed by atoms with Crippen molar-refractivity contribution in [2.75, 3.05) is 14.2 Å². The van der Waals surface area contributed by atoms with Crippen LogP contribution in [-0.2, 0) is 0 Å². The first-order chi connectivity index (χ1) is 9.08. The lowest BCUT2D eigenvalue weighted by molar-refractivity contribution is 0.213. The molecule has 1 N–H and O–H groups in total. The number of ether oxygens (including phenoxy) is 2. The molecule has 0 aliphatic carbocycles. The van der Waals surface area contributed by atoms with Crippen molar-refractivity contribution < 1.29 is 14.6 Å². The number of aromatic nitrogens is 1. The Labute approximate surface area is 128 Å². The fraction of sp³-hybridized carbons (Fsp3) is 0.250. The zero-order chi connectivity index (χ0) is 14.0. The number of hydrogen-bond donors (Lipinski definition) is 1. The van der Waals surface area contributed by atoms with Gasteiger partial charge in [0.2, 0.25) is 0 Å². The van der Waals surface area contributed by atoms with Crippen molar-refractivity contribution >= 4 is 38.9 Å². The Morgan fingerprint density at radius 2 is 2.11 bits per heavy atom. The van der Waals surface area contributed by atoms with Gasteiger partial charge < -0.3 is 14.6 Å². The van der Waals surface area contributed by atoms with E-state index in [1.54, 1.807) is 19.2 Å². The minimum atomic E-state index is -0.894. The highest BCUT2D eigenvalue weighted by molar-refractivity contribution is 9.10. The molecule has 0 aliphatic rings. The van der Waals surface area contributed by atoms with Crippen LogP contribution in [0.25, 0.3) is 0 Å². The highest BCUT2D eigenvalue weighted by Crippen LogP contribution is 2.41. The molecule has 2 aromatic rings. The maximum absolute atomic E-state index is 10.4. The number of benzene rings is 1. The zero-order valence-corrected chi connectivity index (χ0v) is 13.3. The highest BCUT2D eigenvalue weighted by atomic mass is 79.9. The first kappa shape index (κ1) is 14.6. The molecule has 1 heterocycles. The van der Waals surface area contributed by atoms with Gasteiger partial charge in [-0.05, 0) is 28.1 Å². The van der Waals surface area contributed by atoms with Gasteiger partial charge in [0.25, 0.3) is 0 Å². The average molecular weight is 365 g/mol. The van der Waals surface area contributed by atoms with Crippen molar-refractivity contribution in [2.24, 2.45) is 0 Å². The maximum atomic E-state index is 10.4. The number of aliphatic hydroxyl groups excluding tert-OH is 1. The normalized spacial score (nSPS) is 12.3. The van der Waals surface area contributed by atoms with E-state index in [0.717, 1.165) is 0 Å². The second-order valence-electron chi connectivity index (χ2n) is 3.61. The van der Waals surface area contributed by atoms with Crippen LogP contribution in [0.15, 0.2) is 22.8 Å². The van der Waals surface area contributed by atoms with E-state index in [2.05, 4.69) is 20.9 Å². The summed E-state index contributed by atoms with van der Waals surface area (Å²) in [7, 11) is 3.10. The van der Waals surface area contributed by atoms with E-state index >= 15 is 0 Å². The predicted molar refractivity (Wildman–Crippen MR) is 78.4 cm³/mol. The quantitative estimate of drug-likeness (QED) is 0.899. The molecule has 102 valence electrons. The van der Waals surface area contributed by atoms with Crippen LogP contribution in [0.1, 0.15) is 16.7 Å². The molecule has 0 amide bonds. The molecule has 1 unspecified atom stereocenters. The van der Waals surface area contributed by atoms with E-state index in [0.29, 0.717) is 30.9 Å². The number of nitrogens with zero attached hydrogens (tertiary/aromatic N) is 1. The van der Waals surface area contributed by atoms with Gasteiger partial charge in [0, 0.05) is 5.56 Å². The fourth-order valence-electron chi connectivity index (χ4n) is 1.66. The smallest absolute Gasteiger partial charge is 0.143 e. The molecule has 1 aromatic carbocycles. The van der Waals surface area contributed by atoms with Crippen LogP contribution in [0, 0.1) is 0 Å². The molecule has 19 heavy (non-hydrogen) atoms. The van der Waals surface area contributed by atoms with E-state index < -0.39 is 6.10 Å². The van der Waals surface area contributed by atoms with Crippen molar-refractivity contribution in [3.63, 3.8) is 0 Å². The molecule has 2 rings (SSSR count). The lowest BCUT2D eigenvalue weighted by Crippen LogP contribution is -2.03. The molecule has 1 aromatic heterocycles. The van der Waals surface area contributed by atoms with Crippen LogP contribution in [0.4, 0.5) is 0 Å². The number of thiazole rings is 1. The van der Waals surface area contributed by atoms with Crippen LogP contribution in [0.2, 0.25) is 4.34 Å². The Balaban J connectivity index is 2.47. The summed E-state index contributed by atoms with van der Waals surface area (Å²) in [4.78, 5) is 4.07. The third-order valence-electron chi connectivity index (χ3n) is 2.54. The Bertz CT molecular complexity index is 590. The van der Waals surface area contributed by atoms with Gasteiger partial charge in [0.1, 0.15) is 31.4 Å². The van der Waals surface area contributed by atoms with Crippen molar-refractivity contribution in [1.29, 1.82) is 0 Å². The average Bonchev–Trinajstić information content (AvgIpc) is 2.84. The second-order valence-corrected chi connectivity index (χ2v) is 6.10. The molecule has 0 aliphatic heterocycles. The second kappa shape index (κ2) is 6.09. The summed E-state index contributed by atoms with van der Waals surface area (Å²) in [6.45, 7) is 0. The summed E-state index contributed by atoms with van der Waals surface area (Å²) >= 11 is 10.5. The van der Waals surface area contributed by atoms with Gasteiger partial charge in [0.05, 0.1) is 20.4 Å². The first-order valence-electron chi connectivity index (χ1n) is 5.28. The Morgan fingerprint density at radius 3 is 2.63 bits per heavy atom. The van der Waals surface area contributed by atoms with Crippen LogP contribution >= 0.6 is 38.9 Å². The topological polar surface area (TPSA) is 51.6 Å². The SMILES string of the molecule is COc1ccc(C(O)c2ncc(Cl)s2)c(OC)c1Br. The minimum Gasteiger partial charge on any atom is -0.495 e. The van der Waals surface area contributed by atoms with Crippen molar-refractivity contribution in [3.05, 3.63) is 37.7 Å². The summed E-state index contributed by atoms with van der Waals surface area (Å²) in [6, 6.07) is 3.49. The van der Waals surface area contributed by atoms with Crippen LogP contribution in [0.5, 0.6) is 11.5 Å². The molecular weight excluding hydrogens is 354 g/mol. The van der Waals surface area contributed by atoms with Crippen LogP contribution in [-0.4, -0.2) is 24.3 Å². The molecule has 0 saturated carbocycles. The largest absolute Gasteiger partial charge is 0.495 e. The summed E-state index contributed by atoms with van der Waals surface area (Å²) in [5, 5.41) is 10.9. The van der Waals surface area contributed by atoms with Crippen molar-refractivity contribution in [1.82, 2.24) is 4.98 Å². The van der Waals surface area contributed by atoms with Crippen molar-refractivity contribution in [2.45, 2.75) is 6.10 Å². The third kappa shape index (κ3) is 2.86. The van der Waals surface area contributed by atoms with E-state index in [4.69, 9.17) is 21.1 Å². The molecule has 7 heteroatoms. The van der Waals surface area contributed by atoms with Gasteiger partial charge in [0.15, 0.2) is 0 Å². The number of hydrogen-bond acceptors (Lipinski definition) is 5. The van der Waals surface area contributed by atoms with Gasteiger partial charge in [-0.3, -0.25) is 0 Å². The Morgan fingerprint density at radius 1 is 1.37 bits per heavy atom. The summed E-state index contributed by atoms with van der Waals surface area (Å²) < 4.78 is 11.7. The Hall–Kier alpha value is -0.820. The standard InChI is InChI=1S/C12H11BrClNO3S/c1-17-7-4-3-6(11(18-2)9(7)13)10(16)12-15-5-8(14)19-12/h3-5,10,16H,1-2H3. The minimum absolute atomic E-state index is 0.512. The van der Waals surface area contributed by atoms with Gasteiger partial charge >= 0.3 is 0 Å². The van der Waals surface area contributed by atoms with E-state index in [-0.39, 0.29) is 0 Å². The number of halogens is 2. The Kier molecular flexibility index (Phi) is 4.67. The molecule has 0 spiro atoms. The highest BCUT2D eigenvalue weighted by Gasteiger charge is 2.22. The number of rotatable bonds is 4. The maximum Gasteiger partial charge on any atom is 0.143 e. The van der Waals surface area contributed by atoms with Crippen LogP contribution in [0.3, 0.4) is 0 Å². The molecule has 0 fully saturated rings. The molecular formula is C12H11BrClNO3S. The fourth-order valence-corrected chi connectivity index (χ4v) is 3.28. The van der Waals surface area contributed by atoms with Gasteiger partial charge in [-0.1, -0.05) is 11.6 Å². The zero-order valence-electron chi connectivity index (χ0n) is 10.2. The number of aliphatic hydroxyl groups is 1. The van der Waals surface area contributed by atoms with Gasteiger partial charge in [-0.25, -0.2) is 4.98 Å². The molecule has 0 saturated heterocycles. The summed E-state index contributed by atoms with van der Waals surface area (Å²) in [6.07, 6.45) is 0.616. The van der Waals surface area contributed by atoms with E-state index in [1.807, 2.05) is 0 Å². The number of methoxy groups -OCH3 is 2. The first-order valence-corrected chi connectivity index (χ1v) is 7.27. The third-order valence-corrected chi connectivity index (χ3v) is 4.46. The predicted octanol–water partition coefficient (Wildman–Crippen LogP) is 3.66. The van der Waals surface area contributed by atoms with E-state index in [1.165, 1.54) is 24.6 Å². The lowest BCUT2D eigenvalue weighted by atomic mass is 10.1. The molecule has 1 atom stereocenters. The van der Waals surface area contributed by atoms with Gasteiger partial charge in [-0.15, -0.1) is 11.3 Å². The van der Waals surface area contributed by atoms with Crippen molar-refractivity contribution in [3.8, 4) is 11.5 Å². The van der Waals surface area contributed by atoms with E-state index in [9.17, 15) is 5.11 Å². The molecule has 0 bridgehead atoms. The molecule has 4 nitrogen and oxygen atoms in total. The monoisotopic (exact) mass is 363 g/mol. The summed E-state index contributed by atoms with van der Waals surface area (Å²) in [5.41, 5.74) is 0.598. The van der Waals surface area contributed by atoms with Gasteiger partial charge in [-0.2, -0.15) is 0 Å². The van der Waals surface area contributed by atoms with Crippen LogP contribution < -0.4 is 9.47 Å². The molecule has 0 radical (unpaired) electrons.